The van der Waals surface area contributed by atoms with E-state index >= 15 is 0 Å². The molecule has 5 nitrogen and oxygen atoms in total. The molecule has 1 aliphatic rings. The molecule has 1 aromatic heterocycles. The maximum absolute atomic E-state index is 5.36. The van der Waals surface area contributed by atoms with Gasteiger partial charge in [-0.2, -0.15) is 0 Å². The Morgan fingerprint density at radius 3 is 2.50 bits per heavy atom. The normalized spacial score (nSPS) is 16.1. The van der Waals surface area contributed by atoms with Gasteiger partial charge in [-0.1, -0.05) is 30.3 Å². The first kappa shape index (κ1) is 16.9. The molecule has 5 heteroatoms. The van der Waals surface area contributed by atoms with Crippen molar-refractivity contribution in [2.45, 2.75) is 32.4 Å². The summed E-state index contributed by atoms with van der Waals surface area (Å²) in [6.07, 6.45) is 6.07. The van der Waals surface area contributed by atoms with Gasteiger partial charge in [0.15, 0.2) is 0 Å². The molecular formula is C19H26N4O. The van der Waals surface area contributed by atoms with E-state index in [0.717, 1.165) is 57.2 Å². The third kappa shape index (κ3) is 5.01. The van der Waals surface area contributed by atoms with Crippen LogP contribution in [0, 0.1) is 0 Å². The highest BCUT2D eigenvalue weighted by molar-refractivity contribution is 5.30. The van der Waals surface area contributed by atoms with E-state index in [9.17, 15) is 0 Å². The van der Waals surface area contributed by atoms with E-state index in [1.54, 1.807) is 0 Å². The maximum Gasteiger partial charge on any atom is 0.225 e. The highest BCUT2D eigenvalue weighted by Crippen LogP contribution is 2.10. The summed E-state index contributed by atoms with van der Waals surface area (Å²) < 4.78 is 5.36. The zero-order valence-electron chi connectivity index (χ0n) is 14.3. The molecule has 0 radical (unpaired) electrons. The summed E-state index contributed by atoms with van der Waals surface area (Å²) in [7, 11) is 0. The van der Waals surface area contributed by atoms with Crippen LogP contribution in [0.3, 0.4) is 0 Å². The number of morpholine rings is 1. The molecule has 128 valence electrons. The standard InChI is InChI=1S/C19H26N4O/c1-16(7-8-17-5-3-2-4-6-17)20-13-18-14-21-19(22-15-18)23-9-11-24-12-10-23/h2-6,14-16,20H,7-13H2,1H3. The van der Waals surface area contributed by atoms with Gasteiger partial charge in [-0.25, -0.2) is 9.97 Å². The van der Waals surface area contributed by atoms with Crippen molar-refractivity contribution < 1.29 is 4.74 Å². The molecule has 2 heterocycles. The first-order valence-corrected chi connectivity index (χ1v) is 8.72. The number of nitrogens with one attached hydrogen (secondary N) is 1. The highest BCUT2D eigenvalue weighted by Gasteiger charge is 2.13. The molecule has 1 fully saturated rings. The Kier molecular flexibility index (Phi) is 6.15. The molecule has 0 spiro atoms. The number of anilines is 1. The molecular weight excluding hydrogens is 300 g/mol. The summed E-state index contributed by atoms with van der Waals surface area (Å²) in [4.78, 5) is 11.2. The largest absolute Gasteiger partial charge is 0.378 e. The number of aryl methyl sites for hydroxylation is 1. The van der Waals surface area contributed by atoms with Crippen LogP contribution in [-0.4, -0.2) is 42.3 Å². The van der Waals surface area contributed by atoms with Crippen LogP contribution in [-0.2, 0) is 17.7 Å². The van der Waals surface area contributed by atoms with Crippen LogP contribution in [0.4, 0.5) is 5.95 Å². The quantitative estimate of drug-likeness (QED) is 0.847. The van der Waals surface area contributed by atoms with Crippen molar-refractivity contribution in [1.82, 2.24) is 15.3 Å². The SMILES string of the molecule is CC(CCc1ccccc1)NCc1cnc(N2CCOCC2)nc1. The molecule has 1 atom stereocenters. The molecule has 2 aromatic rings. The number of ether oxygens (including phenoxy) is 1. The number of nitrogens with zero attached hydrogens (tertiary/aromatic N) is 3. The van der Waals surface area contributed by atoms with Crippen molar-refractivity contribution in [3.8, 4) is 0 Å². The Labute approximate surface area is 144 Å². The minimum Gasteiger partial charge on any atom is -0.378 e. The Morgan fingerprint density at radius 2 is 1.79 bits per heavy atom. The number of rotatable bonds is 7. The van der Waals surface area contributed by atoms with Crippen LogP contribution in [0.5, 0.6) is 0 Å². The Balaban J connectivity index is 1.42. The van der Waals surface area contributed by atoms with E-state index in [-0.39, 0.29) is 0 Å². The monoisotopic (exact) mass is 326 g/mol. The van der Waals surface area contributed by atoms with Gasteiger partial charge in [0, 0.05) is 43.6 Å². The first-order valence-electron chi connectivity index (χ1n) is 8.72. The second-order valence-electron chi connectivity index (χ2n) is 6.30. The van der Waals surface area contributed by atoms with Crippen LogP contribution < -0.4 is 10.2 Å². The molecule has 24 heavy (non-hydrogen) atoms. The van der Waals surface area contributed by atoms with Crippen molar-refractivity contribution in [2.24, 2.45) is 0 Å². The van der Waals surface area contributed by atoms with E-state index in [2.05, 4.69) is 57.4 Å². The second kappa shape index (κ2) is 8.76. The summed E-state index contributed by atoms with van der Waals surface area (Å²) in [6.45, 7) is 6.28. The second-order valence-corrected chi connectivity index (χ2v) is 6.30. The van der Waals surface area contributed by atoms with Crippen LogP contribution in [0.15, 0.2) is 42.7 Å². The fourth-order valence-corrected chi connectivity index (χ4v) is 2.79. The number of hydrogen-bond acceptors (Lipinski definition) is 5. The fraction of sp³-hybridized carbons (Fsp3) is 0.474. The summed E-state index contributed by atoms with van der Waals surface area (Å²) in [5.74, 6) is 0.805. The van der Waals surface area contributed by atoms with Crippen LogP contribution in [0.1, 0.15) is 24.5 Å². The van der Waals surface area contributed by atoms with Gasteiger partial charge in [-0.15, -0.1) is 0 Å². The molecule has 1 aromatic carbocycles. The van der Waals surface area contributed by atoms with Crippen LogP contribution in [0.2, 0.25) is 0 Å². The Bertz CT molecular complexity index is 597. The molecule has 1 saturated heterocycles. The van der Waals surface area contributed by atoms with Gasteiger partial charge in [0.05, 0.1) is 13.2 Å². The van der Waals surface area contributed by atoms with Gasteiger partial charge in [0.1, 0.15) is 0 Å². The molecule has 3 rings (SSSR count). The lowest BCUT2D eigenvalue weighted by molar-refractivity contribution is 0.122. The fourth-order valence-electron chi connectivity index (χ4n) is 2.79. The van der Waals surface area contributed by atoms with E-state index < -0.39 is 0 Å². The third-order valence-electron chi connectivity index (χ3n) is 4.35. The average Bonchev–Trinajstić information content (AvgIpc) is 2.67. The summed E-state index contributed by atoms with van der Waals surface area (Å²) in [6, 6.07) is 11.1. The number of hydrogen-bond donors (Lipinski definition) is 1. The third-order valence-corrected chi connectivity index (χ3v) is 4.35. The lowest BCUT2D eigenvalue weighted by Crippen LogP contribution is -2.37. The number of benzene rings is 1. The van der Waals surface area contributed by atoms with Crippen molar-refractivity contribution in [3.63, 3.8) is 0 Å². The topological polar surface area (TPSA) is 50.3 Å². The van der Waals surface area contributed by atoms with E-state index in [0.29, 0.717) is 6.04 Å². The Hall–Kier alpha value is -1.98. The predicted octanol–water partition coefficient (Wildman–Crippen LogP) is 2.42. The van der Waals surface area contributed by atoms with E-state index in [4.69, 9.17) is 4.74 Å². The lowest BCUT2D eigenvalue weighted by atomic mass is 10.1. The van der Waals surface area contributed by atoms with Crippen molar-refractivity contribution in [1.29, 1.82) is 0 Å². The first-order chi connectivity index (χ1) is 11.8. The molecule has 0 bridgehead atoms. The number of aromatic nitrogens is 2. The van der Waals surface area contributed by atoms with E-state index in [1.807, 2.05) is 12.4 Å². The predicted molar refractivity (Wildman–Crippen MR) is 96.1 cm³/mol. The average molecular weight is 326 g/mol. The van der Waals surface area contributed by atoms with Gasteiger partial charge in [-0.05, 0) is 25.3 Å². The molecule has 0 saturated carbocycles. The van der Waals surface area contributed by atoms with Crippen molar-refractivity contribution in [3.05, 3.63) is 53.9 Å². The van der Waals surface area contributed by atoms with Gasteiger partial charge in [0.2, 0.25) is 5.95 Å². The molecule has 1 N–H and O–H groups in total. The molecule has 1 aliphatic heterocycles. The van der Waals surface area contributed by atoms with Gasteiger partial charge in [-0.3, -0.25) is 0 Å². The zero-order valence-corrected chi connectivity index (χ0v) is 14.3. The molecule has 0 amide bonds. The van der Waals surface area contributed by atoms with Gasteiger partial charge < -0.3 is 15.0 Å². The maximum atomic E-state index is 5.36. The van der Waals surface area contributed by atoms with Gasteiger partial charge >= 0.3 is 0 Å². The summed E-state index contributed by atoms with van der Waals surface area (Å²) in [5, 5.41) is 3.55. The minimum atomic E-state index is 0.462. The highest BCUT2D eigenvalue weighted by atomic mass is 16.5. The molecule has 1 unspecified atom stereocenters. The Morgan fingerprint density at radius 1 is 1.08 bits per heavy atom. The van der Waals surface area contributed by atoms with Crippen molar-refractivity contribution >= 4 is 5.95 Å². The van der Waals surface area contributed by atoms with Gasteiger partial charge in [0.25, 0.3) is 0 Å². The smallest absolute Gasteiger partial charge is 0.225 e. The molecule has 0 aliphatic carbocycles. The van der Waals surface area contributed by atoms with Crippen LogP contribution in [0.25, 0.3) is 0 Å². The zero-order chi connectivity index (χ0) is 16.6. The van der Waals surface area contributed by atoms with Crippen molar-refractivity contribution in [2.75, 3.05) is 31.2 Å². The summed E-state index contributed by atoms with van der Waals surface area (Å²) >= 11 is 0. The van der Waals surface area contributed by atoms with E-state index in [1.165, 1.54) is 5.56 Å². The van der Waals surface area contributed by atoms with Crippen LogP contribution >= 0.6 is 0 Å². The lowest BCUT2D eigenvalue weighted by Gasteiger charge is -2.26. The minimum absolute atomic E-state index is 0.462. The summed E-state index contributed by atoms with van der Waals surface area (Å²) in [5.41, 5.74) is 2.52.